The fourth-order valence-corrected chi connectivity index (χ4v) is 2.15. The first-order chi connectivity index (χ1) is 9.65. The third-order valence-corrected chi connectivity index (χ3v) is 3.08. The van der Waals surface area contributed by atoms with Crippen LogP contribution in [-0.4, -0.2) is 39.0 Å². The molecule has 0 aliphatic carbocycles. The standard InChI is InChI=1S/C15H22N2O3/c1-12(18)15-13(6-4-7-14(15)20-3)17(9-5-8-16)10-11-19-2/h4,6-7,12,18H,5,9-11H2,1-3H3/t12-/m0/s1. The van der Waals surface area contributed by atoms with Gasteiger partial charge >= 0.3 is 0 Å². The van der Waals surface area contributed by atoms with Crippen molar-refractivity contribution in [1.82, 2.24) is 0 Å². The van der Waals surface area contributed by atoms with Crippen LogP contribution in [0.3, 0.4) is 0 Å². The molecule has 1 rings (SSSR count). The van der Waals surface area contributed by atoms with Crippen molar-refractivity contribution in [3.8, 4) is 11.8 Å². The predicted molar refractivity (Wildman–Crippen MR) is 77.9 cm³/mol. The van der Waals surface area contributed by atoms with E-state index in [2.05, 4.69) is 6.07 Å². The van der Waals surface area contributed by atoms with Gasteiger partial charge in [-0.1, -0.05) is 6.07 Å². The summed E-state index contributed by atoms with van der Waals surface area (Å²) in [5.74, 6) is 0.650. The molecule has 0 aliphatic rings. The predicted octanol–water partition coefficient (Wildman–Crippen LogP) is 2.11. The summed E-state index contributed by atoms with van der Waals surface area (Å²) in [7, 11) is 3.23. The number of aliphatic hydroxyl groups excluding tert-OH is 1. The van der Waals surface area contributed by atoms with Gasteiger partial charge in [0.2, 0.25) is 0 Å². The molecule has 0 fully saturated rings. The summed E-state index contributed by atoms with van der Waals surface area (Å²) in [6.07, 6.45) is -0.228. The molecule has 20 heavy (non-hydrogen) atoms. The molecule has 5 nitrogen and oxygen atoms in total. The molecule has 1 N–H and O–H groups in total. The minimum Gasteiger partial charge on any atom is -0.496 e. The minimum absolute atomic E-state index is 0.417. The number of benzene rings is 1. The van der Waals surface area contributed by atoms with E-state index in [1.54, 1.807) is 21.1 Å². The van der Waals surface area contributed by atoms with Crippen molar-refractivity contribution in [2.45, 2.75) is 19.4 Å². The van der Waals surface area contributed by atoms with Gasteiger partial charge in [-0.05, 0) is 19.1 Å². The molecule has 0 spiro atoms. The largest absolute Gasteiger partial charge is 0.496 e. The highest BCUT2D eigenvalue weighted by Crippen LogP contribution is 2.34. The quantitative estimate of drug-likeness (QED) is 0.789. The SMILES string of the molecule is COCCN(CCC#N)c1cccc(OC)c1[C@H](C)O. The fraction of sp³-hybridized carbons (Fsp3) is 0.533. The van der Waals surface area contributed by atoms with Crippen molar-refractivity contribution < 1.29 is 14.6 Å². The average molecular weight is 278 g/mol. The molecule has 0 aromatic heterocycles. The van der Waals surface area contributed by atoms with Crippen LogP contribution in [0.1, 0.15) is 25.0 Å². The zero-order valence-electron chi connectivity index (χ0n) is 12.3. The number of hydrogen-bond acceptors (Lipinski definition) is 5. The van der Waals surface area contributed by atoms with E-state index in [-0.39, 0.29) is 0 Å². The molecule has 0 unspecified atom stereocenters. The molecule has 1 aromatic rings. The van der Waals surface area contributed by atoms with E-state index in [0.717, 1.165) is 11.3 Å². The van der Waals surface area contributed by atoms with Gasteiger partial charge in [0.25, 0.3) is 0 Å². The van der Waals surface area contributed by atoms with Crippen LogP contribution in [0, 0.1) is 11.3 Å². The number of ether oxygens (including phenoxy) is 2. The third-order valence-electron chi connectivity index (χ3n) is 3.08. The van der Waals surface area contributed by atoms with E-state index in [1.807, 2.05) is 23.1 Å². The smallest absolute Gasteiger partial charge is 0.126 e. The molecule has 0 radical (unpaired) electrons. The first-order valence-corrected chi connectivity index (χ1v) is 6.61. The molecule has 0 saturated heterocycles. The fourth-order valence-electron chi connectivity index (χ4n) is 2.15. The van der Waals surface area contributed by atoms with E-state index < -0.39 is 6.10 Å². The van der Waals surface area contributed by atoms with Crippen LogP contribution in [0.2, 0.25) is 0 Å². The van der Waals surface area contributed by atoms with Crippen LogP contribution in [0.4, 0.5) is 5.69 Å². The molecule has 1 atom stereocenters. The highest BCUT2D eigenvalue weighted by molar-refractivity contribution is 5.60. The van der Waals surface area contributed by atoms with E-state index in [9.17, 15) is 5.11 Å². The Morgan fingerprint density at radius 1 is 1.35 bits per heavy atom. The number of nitrogens with zero attached hydrogens (tertiary/aromatic N) is 2. The maximum absolute atomic E-state index is 10.0. The number of methoxy groups -OCH3 is 2. The van der Waals surface area contributed by atoms with Gasteiger partial charge in [0.05, 0.1) is 32.3 Å². The van der Waals surface area contributed by atoms with Crippen LogP contribution in [-0.2, 0) is 4.74 Å². The summed E-state index contributed by atoms with van der Waals surface area (Å²) in [5.41, 5.74) is 1.62. The number of anilines is 1. The number of rotatable bonds is 8. The second kappa shape index (κ2) is 8.41. The monoisotopic (exact) mass is 278 g/mol. The maximum atomic E-state index is 10.0. The molecule has 0 saturated carbocycles. The van der Waals surface area contributed by atoms with E-state index in [0.29, 0.717) is 31.9 Å². The van der Waals surface area contributed by atoms with Crippen molar-refractivity contribution in [3.63, 3.8) is 0 Å². The molecule has 1 aromatic carbocycles. The molecule has 110 valence electrons. The molecule has 0 aliphatic heterocycles. The average Bonchev–Trinajstić information content (AvgIpc) is 2.46. The normalized spacial score (nSPS) is 11.8. The number of aliphatic hydroxyl groups is 1. The lowest BCUT2D eigenvalue weighted by Crippen LogP contribution is -2.29. The summed E-state index contributed by atoms with van der Waals surface area (Å²) >= 11 is 0. The highest BCUT2D eigenvalue weighted by atomic mass is 16.5. The first-order valence-electron chi connectivity index (χ1n) is 6.61. The van der Waals surface area contributed by atoms with Crippen molar-refractivity contribution in [1.29, 1.82) is 5.26 Å². The summed E-state index contributed by atoms with van der Waals surface area (Å²) in [4.78, 5) is 2.04. The lowest BCUT2D eigenvalue weighted by molar-refractivity contribution is 0.193. The van der Waals surface area contributed by atoms with Gasteiger partial charge in [-0.3, -0.25) is 0 Å². The van der Waals surface area contributed by atoms with Crippen molar-refractivity contribution >= 4 is 5.69 Å². The Labute approximate surface area is 120 Å². The summed E-state index contributed by atoms with van der Waals surface area (Å²) in [6.45, 7) is 3.51. The Morgan fingerprint density at radius 3 is 2.65 bits per heavy atom. The summed E-state index contributed by atoms with van der Waals surface area (Å²) in [5, 5.41) is 18.8. The summed E-state index contributed by atoms with van der Waals surface area (Å²) in [6, 6.07) is 7.78. The second-order valence-electron chi connectivity index (χ2n) is 4.46. The zero-order chi connectivity index (χ0) is 15.0. The molecule has 0 bridgehead atoms. The van der Waals surface area contributed by atoms with E-state index in [1.165, 1.54) is 0 Å². The molecule has 0 heterocycles. The van der Waals surface area contributed by atoms with Gasteiger partial charge in [0.15, 0.2) is 0 Å². The second-order valence-corrected chi connectivity index (χ2v) is 4.46. The van der Waals surface area contributed by atoms with Gasteiger partial charge in [-0.15, -0.1) is 0 Å². The van der Waals surface area contributed by atoms with Crippen LogP contribution < -0.4 is 9.64 Å². The molecular weight excluding hydrogens is 256 g/mol. The van der Waals surface area contributed by atoms with Crippen molar-refractivity contribution in [2.75, 3.05) is 38.8 Å². The Kier molecular flexibility index (Phi) is 6.85. The lowest BCUT2D eigenvalue weighted by atomic mass is 10.1. The Morgan fingerprint density at radius 2 is 2.10 bits per heavy atom. The Hall–Kier alpha value is -1.77. The zero-order valence-corrected chi connectivity index (χ0v) is 12.3. The molecular formula is C15H22N2O3. The van der Waals surface area contributed by atoms with Crippen LogP contribution in [0.5, 0.6) is 5.75 Å². The molecule has 0 amide bonds. The van der Waals surface area contributed by atoms with Gasteiger partial charge in [-0.2, -0.15) is 5.26 Å². The Bertz CT molecular complexity index is 455. The minimum atomic E-state index is -0.645. The van der Waals surface area contributed by atoms with E-state index >= 15 is 0 Å². The highest BCUT2D eigenvalue weighted by Gasteiger charge is 2.18. The van der Waals surface area contributed by atoms with Crippen LogP contribution >= 0.6 is 0 Å². The van der Waals surface area contributed by atoms with Crippen LogP contribution in [0.15, 0.2) is 18.2 Å². The maximum Gasteiger partial charge on any atom is 0.126 e. The third kappa shape index (κ3) is 4.12. The van der Waals surface area contributed by atoms with Crippen molar-refractivity contribution in [3.05, 3.63) is 23.8 Å². The van der Waals surface area contributed by atoms with Gasteiger partial charge in [-0.25, -0.2) is 0 Å². The number of hydrogen-bond donors (Lipinski definition) is 1. The van der Waals surface area contributed by atoms with Gasteiger partial charge in [0, 0.05) is 31.5 Å². The summed E-state index contributed by atoms with van der Waals surface area (Å²) < 4.78 is 10.4. The topological polar surface area (TPSA) is 65.7 Å². The lowest BCUT2D eigenvalue weighted by Gasteiger charge is -2.28. The first kappa shape index (κ1) is 16.3. The molecule has 5 heteroatoms. The Balaban J connectivity index is 3.13. The van der Waals surface area contributed by atoms with Gasteiger partial charge in [0.1, 0.15) is 5.75 Å². The van der Waals surface area contributed by atoms with Crippen molar-refractivity contribution in [2.24, 2.45) is 0 Å². The van der Waals surface area contributed by atoms with E-state index in [4.69, 9.17) is 14.7 Å². The van der Waals surface area contributed by atoms with Crippen LogP contribution in [0.25, 0.3) is 0 Å². The number of nitriles is 1. The van der Waals surface area contributed by atoms with Gasteiger partial charge < -0.3 is 19.5 Å².